The van der Waals surface area contributed by atoms with E-state index in [1.165, 1.54) is 6.33 Å². The molecule has 8 nitrogen and oxygen atoms in total. The van der Waals surface area contributed by atoms with Crippen molar-refractivity contribution >= 4 is 40.7 Å². The number of benzene rings is 1. The summed E-state index contributed by atoms with van der Waals surface area (Å²) in [4.78, 5) is 20.5. The molecular formula is C17H18Cl2N6O2. The molecule has 1 unspecified atom stereocenters. The molecule has 0 aliphatic heterocycles. The zero-order valence-corrected chi connectivity index (χ0v) is 16.3. The number of hydrogen-bond donors (Lipinski definition) is 2. The summed E-state index contributed by atoms with van der Waals surface area (Å²) in [5.74, 6) is 1.46. The summed E-state index contributed by atoms with van der Waals surface area (Å²) in [6.45, 7) is 4.44. The van der Waals surface area contributed by atoms with Gasteiger partial charge in [0.15, 0.2) is 6.10 Å². The van der Waals surface area contributed by atoms with Gasteiger partial charge in [0.25, 0.3) is 11.7 Å². The first-order chi connectivity index (χ1) is 12.9. The lowest BCUT2D eigenvalue weighted by molar-refractivity contribution is -0.127. The Morgan fingerprint density at radius 1 is 1.22 bits per heavy atom. The molecular weight excluding hydrogens is 391 g/mol. The zero-order valence-electron chi connectivity index (χ0n) is 14.7. The smallest absolute Gasteiger partial charge is 0.260 e. The number of anilines is 1. The van der Waals surface area contributed by atoms with Gasteiger partial charge in [-0.15, -0.1) is 0 Å². The first-order valence-corrected chi connectivity index (χ1v) is 8.99. The van der Waals surface area contributed by atoms with Crippen LogP contribution in [0.1, 0.15) is 12.6 Å². The SMILES string of the molecule is Cc1cc(NCCNC(=O)C(C)Oc2cc(Cl)cc(Cl)c2)n2ncnc2n1. The summed E-state index contributed by atoms with van der Waals surface area (Å²) in [7, 11) is 0. The van der Waals surface area contributed by atoms with Crippen LogP contribution < -0.4 is 15.4 Å². The maximum Gasteiger partial charge on any atom is 0.260 e. The first kappa shape index (κ1) is 19.2. The average molecular weight is 409 g/mol. The second-order valence-electron chi connectivity index (χ2n) is 5.84. The summed E-state index contributed by atoms with van der Waals surface area (Å²) in [6.07, 6.45) is 0.750. The minimum Gasteiger partial charge on any atom is -0.481 e. The largest absolute Gasteiger partial charge is 0.481 e. The van der Waals surface area contributed by atoms with E-state index in [9.17, 15) is 4.79 Å². The molecule has 1 aromatic carbocycles. The Morgan fingerprint density at radius 2 is 1.96 bits per heavy atom. The van der Waals surface area contributed by atoms with E-state index in [0.717, 1.165) is 11.5 Å². The molecule has 1 amide bonds. The van der Waals surface area contributed by atoms with Gasteiger partial charge in [0.2, 0.25) is 0 Å². The first-order valence-electron chi connectivity index (χ1n) is 8.24. The number of halogens is 2. The van der Waals surface area contributed by atoms with Gasteiger partial charge >= 0.3 is 0 Å². The van der Waals surface area contributed by atoms with E-state index in [0.29, 0.717) is 34.7 Å². The van der Waals surface area contributed by atoms with Crippen LogP contribution in [-0.2, 0) is 4.79 Å². The third kappa shape index (κ3) is 4.99. The summed E-state index contributed by atoms with van der Waals surface area (Å²) in [5.41, 5.74) is 0.823. The highest BCUT2D eigenvalue weighted by molar-refractivity contribution is 6.34. The van der Waals surface area contributed by atoms with Gasteiger partial charge in [-0.2, -0.15) is 14.6 Å². The van der Waals surface area contributed by atoms with E-state index >= 15 is 0 Å². The summed E-state index contributed by atoms with van der Waals surface area (Å²) < 4.78 is 7.18. The molecule has 0 saturated carbocycles. The lowest BCUT2D eigenvalue weighted by Crippen LogP contribution is -2.38. The summed E-state index contributed by atoms with van der Waals surface area (Å²) in [6, 6.07) is 6.67. The lowest BCUT2D eigenvalue weighted by atomic mass is 10.3. The highest BCUT2D eigenvalue weighted by Gasteiger charge is 2.15. The van der Waals surface area contributed by atoms with Crippen molar-refractivity contribution in [2.24, 2.45) is 0 Å². The minimum absolute atomic E-state index is 0.246. The number of ether oxygens (including phenoxy) is 1. The number of aromatic nitrogens is 4. The molecule has 27 heavy (non-hydrogen) atoms. The van der Waals surface area contributed by atoms with Crippen molar-refractivity contribution in [3.05, 3.63) is 46.3 Å². The number of carbonyl (C=O) groups excluding carboxylic acids is 1. The molecule has 1 atom stereocenters. The Labute approximate surface area is 165 Å². The molecule has 2 N–H and O–H groups in total. The van der Waals surface area contributed by atoms with Gasteiger partial charge in [-0.1, -0.05) is 23.2 Å². The van der Waals surface area contributed by atoms with E-state index in [-0.39, 0.29) is 5.91 Å². The van der Waals surface area contributed by atoms with Crippen molar-refractivity contribution in [1.82, 2.24) is 24.9 Å². The van der Waals surface area contributed by atoms with Crippen molar-refractivity contribution in [3.8, 4) is 5.75 Å². The highest BCUT2D eigenvalue weighted by atomic mass is 35.5. The van der Waals surface area contributed by atoms with Crippen LogP contribution in [0.25, 0.3) is 5.78 Å². The van der Waals surface area contributed by atoms with E-state index in [2.05, 4.69) is 25.7 Å². The third-order valence-electron chi connectivity index (χ3n) is 3.63. The molecule has 0 aliphatic rings. The Morgan fingerprint density at radius 3 is 2.70 bits per heavy atom. The fraction of sp³-hybridized carbons (Fsp3) is 0.294. The highest BCUT2D eigenvalue weighted by Crippen LogP contribution is 2.24. The number of fused-ring (bicyclic) bond motifs is 1. The van der Waals surface area contributed by atoms with Crippen LogP contribution in [-0.4, -0.2) is 44.7 Å². The number of nitrogens with one attached hydrogen (secondary N) is 2. The van der Waals surface area contributed by atoms with Gasteiger partial charge in [0.1, 0.15) is 17.9 Å². The van der Waals surface area contributed by atoms with Crippen LogP contribution >= 0.6 is 23.2 Å². The maximum absolute atomic E-state index is 12.2. The number of hydrogen-bond acceptors (Lipinski definition) is 6. The van der Waals surface area contributed by atoms with Gasteiger partial charge in [-0.05, 0) is 32.0 Å². The zero-order chi connectivity index (χ0) is 19.4. The second-order valence-corrected chi connectivity index (χ2v) is 6.71. The normalized spacial score (nSPS) is 12.0. The minimum atomic E-state index is -0.690. The van der Waals surface area contributed by atoms with Crippen LogP contribution in [0.15, 0.2) is 30.6 Å². The maximum atomic E-state index is 12.2. The fourth-order valence-electron chi connectivity index (χ4n) is 2.43. The lowest BCUT2D eigenvalue weighted by Gasteiger charge is -2.15. The van der Waals surface area contributed by atoms with Crippen LogP contribution in [0.5, 0.6) is 5.75 Å². The van der Waals surface area contributed by atoms with Gasteiger partial charge in [-0.25, -0.2) is 4.98 Å². The number of carbonyl (C=O) groups is 1. The standard InChI is InChI=1S/C17H18Cl2N6O2/c1-10-5-15(25-17(24-10)22-9-23-25)20-3-4-21-16(26)11(2)27-14-7-12(18)6-13(19)8-14/h5-9,11,20H,3-4H2,1-2H3,(H,21,26). The van der Waals surface area contributed by atoms with Gasteiger partial charge in [0, 0.05) is 34.9 Å². The number of rotatable bonds is 7. The molecule has 10 heteroatoms. The Balaban J connectivity index is 1.49. The second kappa shape index (κ2) is 8.41. The molecule has 0 aliphatic carbocycles. The van der Waals surface area contributed by atoms with Gasteiger partial charge in [-0.3, -0.25) is 4.79 Å². The van der Waals surface area contributed by atoms with Crippen molar-refractivity contribution in [2.45, 2.75) is 20.0 Å². The van der Waals surface area contributed by atoms with Crippen LogP contribution in [0.2, 0.25) is 10.0 Å². The Bertz CT molecular complexity index is 941. The van der Waals surface area contributed by atoms with Crippen LogP contribution in [0, 0.1) is 6.92 Å². The van der Waals surface area contributed by atoms with Crippen molar-refractivity contribution in [1.29, 1.82) is 0 Å². The molecule has 2 aromatic heterocycles. The Hall–Kier alpha value is -2.58. The van der Waals surface area contributed by atoms with E-state index in [1.807, 2.05) is 13.0 Å². The van der Waals surface area contributed by atoms with Crippen molar-refractivity contribution in [2.75, 3.05) is 18.4 Å². The molecule has 0 fully saturated rings. The van der Waals surface area contributed by atoms with Crippen molar-refractivity contribution < 1.29 is 9.53 Å². The van der Waals surface area contributed by atoms with Gasteiger partial charge < -0.3 is 15.4 Å². The fourth-order valence-corrected chi connectivity index (χ4v) is 2.94. The quantitative estimate of drug-likeness (QED) is 0.583. The number of aryl methyl sites for hydroxylation is 1. The van der Waals surface area contributed by atoms with E-state index in [4.69, 9.17) is 27.9 Å². The average Bonchev–Trinajstić information content (AvgIpc) is 3.05. The predicted octanol–water partition coefficient (Wildman–Crippen LogP) is 2.74. The number of amides is 1. The molecule has 2 heterocycles. The Kier molecular flexibility index (Phi) is 5.98. The molecule has 0 saturated heterocycles. The van der Waals surface area contributed by atoms with Gasteiger partial charge in [0.05, 0.1) is 0 Å². The van der Waals surface area contributed by atoms with Crippen molar-refractivity contribution in [3.63, 3.8) is 0 Å². The molecule has 3 aromatic rings. The summed E-state index contributed by atoms with van der Waals surface area (Å²) >= 11 is 11.9. The third-order valence-corrected chi connectivity index (χ3v) is 4.06. The molecule has 3 rings (SSSR count). The predicted molar refractivity (Wildman–Crippen MR) is 104 cm³/mol. The van der Waals surface area contributed by atoms with E-state index in [1.54, 1.807) is 29.6 Å². The molecule has 0 radical (unpaired) electrons. The monoisotopic (exact) mass is 408 g/mol. The van der Waals surface area contributed by atoms with Crippen LogP contribution in [0.3, 0.4) is 0 Å². The number of nitrogens with zero attached hydrogens (tertiary/aromatic N) is 4. The molecule has 0 spiro atoms. The topological polar surface area (TPSA) is 93.4 Å². The molecule has 0 bridgehead atoms. The molecule has 142 valence electrons. The summed E-state index contributed by atoms with van der Waals surface area (Å²) in [5, 5.41) is 11.0. The van der Waals surface area contributed by atoms with E-state index < -0.39 is 6.10 Å². The van der Waals surface area contributed by atoms with Crippen LogP contribution in [0.4, 0.5) is 5.82 Å².